The predicted octanol–water partition coefficient (Wildman–Crippen LogP) is 4.07. The third-order valence-corrected chi connectivity index (χ3v) is 7.21. The lowest BCUT2D eigenvalue weighted by Gasteiger charge is -2.25. The molecule has 0 saturated heterocycles. The first-order valence-corrected chi connectivity index (χ1v) is 13.4. The van der Waals surface area contributed by atoms with Crippen molar-refractivity contribution in [2.45, 2.75) is 44.7 Å². The van der Waals surface area contributed by atoms with Crippen LogP contribution in [0.3, 0.4) is 0 Å². The van der Waals surface area contributed by atoms with E-state index in [-0.39, 0.29) is 29.2 Å². The molecule has 1 amide bonds. The van der Waals surface area contributed by atoms with E-state index in [4.69, 9.17) is 11.6 Å². The first kappa shape index (κ1) is 28.4. The average molecular weight is 546 g/mol. The van der Waals surface area contributed by atoms with Crippen LogP contribution in [-0.4, -0.2) is 60.6 Å². The highest BCUT2D eigenvalue weighted by atomic mass is 35.5. The van der Waals surface area contributed by atoms with Gasteiger partial charge in [-0.2, -0.15) is 13.5 Å². The number of anilines is 1. The fourth-order valence-corrected chi connectivity index (χ4v) is 4.71. The van der Waals surface area contributed by atoms with Gasteiger partial charge in [0.2, 0.25) is 5.91 Å². The van der Waals surface area contributed by atoms with Crippen LogP contribution in [0.25, 0.3) is 11.1 Å². The fourth-order valence-electron chi connectivity index (χ4n) is 3.34. The quantitative estimate of drug-likeness (QED) is 0.309. The van der Waals surface area contributed by atoms with Gasteiger partial charge in [0, 0.05) is 42.1 Å². The molecule has 0 spiro atoms. The van der Waals surface area contributed by atoms with E-state index >= 15 is 0 Å². The molecule has 9 nitrogen and oxygen atoms in total. The number of aromatic nitrogens is 2. The van der Waals surface area contributed by atoms with E-state index in [1.807, 2.05) is 20.8 Å². The number of halogens is 1. The minimum absolute atomic E-state index is 0.0329. The summed E-state index contributed by atoms with van der Waals surface area (Å²) in [6.07, 6.45) is 3.79. The smallest absolute Gasteiger partial charge is 0.284 e. The lowest BCUT2D eigenvalue weighted by molar-refractivity contribution is -0.115. The monoisotopic (exact) mass is 545 g/mol. The molecule has 1 atom stereocenters. The summed E-state index contributed by atoms with van der Waals surface area (Å²) in [4.78, 5) is 14.1. The summed E-state index contributed by atoms with van der Waals surface area (Å²) >= 11 is 6.16. The second-order valence-electron chi connectivity index (χ2n) is 10.0. The van der Waals surface area contributed by atoms with E-state index in [1.165, 1.54) is 23.5 Å². The second-order valence-corrected chi connectivity index (χ2v) is 12.0. The van der Waals surface area contributed by atoms with Crippen LogP contribution in [0.2, 0.25) is 5.02 Å². The minimum Gasteiger partial charge on any atom is -0.391 e. The highest BCUT2D eigenvalue weighted by Crippen LogP contribution is 2.32. The number of rotatable bonds is 9. The highest BCUT2D eigenvalue weighted by Gasteiger charge is 2.24. The van der Waals surface area contributed by atoms with Crippen molar-refractivity contribution in [1.82, 2.24) is 14.7 Å². The van der Waals surface area contributed by atoms with Crippen LogP contribution in [0.1, 0.15) is 26.3 Å². The Hall–Kier alpha value is -3.21. The summed E-state index contributed by atoms with van der Waals surface area (Å²) in [5.74, 6) is -0.343. The zero-order valence-corrected chi connectivity index (χ0v) is 23.1. The predicted molar refractivity (Wildman–Crippen MR) is 146 cm³/mol. The molecule has 2 aromatic carbocycles. The molecule has 0 radical (unpaired) electrons. The van der Waals surface area contributed by atoms with Crippen molar-refractivity contribution in [2.24, 2.45) is 9.81 Å². The fraction of sp³-hybridized carbons (Fsp3) is 0.346. The van der Waals surface area contributed by atoms with Crippen molar-refractivity contribution in [3.63, 3.8) is 0 Å². The molecular weight excluding hydrogens is 514 g/mol. The molecule has 0 fully saturated rings. The molecule has 0 saturated carbocycles. The summed E-state index contributed by atoms with van der Waals surface area (Å²) in [7, 11) is -0.801. The molecule has 0 bridgehead atoms. The average Bonchev–Trinajstić information content (AvgIpc) is 3.27. The summed E-state index contributed by atoms with van der Waals surface area (Å²) in [6, 6.07) is 11.6. The second kappa shape index (κ2) is 11.5. The highest BCUT2D eigenvalue weighted by molar-refractivity contribution is 7.90. The normalized spacial score (nSPS) is 13.1. The van der Waals surface area contributed by atoms with Gasteiger partial charge in [-0.1, -0.05) is 56.6 Å². The van der Waals surface area contributed by atoms with Gasteiger partial charge in [0.1, 0.15) is 6.34 Å². The number of carbonyl (C=O) groups excluding carboxylic acids is 1. The Morgan fingerprint density at radius 2 is 1.95 bits per heavy atom. The number of benzene rings is 2. The van der Waals surface area contributed by atoms with Crippen LogP contribution >= 0.6 is 11.6 Å². The van der Waals surface area contributed by atoms with Gasteiger partial charge in [0.25, 0.3) is 10.0 Å². The Morgan fingerprint density at radius 3 is 2.59 bits per heavy atom. The van der Waals surface area contributed by atoms with Crippen LogP contribution in [0.15, 0.2) is 64.2 Å². The topological polar surface area (TPSA) is 117 Å². The van der Waals surface area contributed by atoms with Gasteiger partial charge in [-0.15, -0.1) is 4.40 Å². The molecule has 198 valence electrons. The molecule has 2 N–H and O–H groups in total. The number of hydrogen-bond donors (Lipinski definition) is 2. The standard InChI is InChI=1S/C26H32ClN5O4S/c1-26(2,3)24(33)16-32-15-19(14-28-32)21-11-10-20(13-23(21)37(35,36)29-17-31(4)5)30-25(34)12-18-8-6-7-9-22(18)27/h6-11,13-15,17,24,33H,12,16H2,1-5H3,(H,30,34)/b29-17+. The largest absolute Gasteiger partial charge is 0.391 e. The van der Waals surface area contributed by atoms with Crippen LogP contribution in [0.5, 0.6) is 0 Å². The first-order valence-electron chi connectivity index (χ1n) is 11.6. The molecular formula is C26H32ClN5O4S. The number of aliphatic hydroxyl groups is 1. The molecule has 1 heterocycles. The number of amides is 1. The Morgan fingerprint density at radius 1 is 1.24 bits per heavy atom. The van der Waals surface area contributed by atoms with Gasteiger partial charge in [0.05, 0.1) is 30.2 Å². The van der Waals surface area contributed by atoms with E-state index in [2.05, 4.69) is 14.8 Å². The van der Waals surface area contributed by atoms with Crippen LogP contribution in [0.4, 0.5) is 5.69 Å². The Labute approximate surface area is 222 Å². The lowest BCUT2D eigenvalue weighted by atomic mass is 9.89. The van der Waals surface area contributed by atoms with Crippen LogP contribution < -0.4 is 5.32 Å². The number of sulfonamides is 1. The number of hydrogen-bond acceptors (Lipinski definition) is 5. The number of nitrogens with zero attached hydrogens (tertiary/aromatic N) is 4. The van der Waals surface area contributed by atoms with Gasteiger partial charge in [0.15, 0.2) is 0 Å². The maximum absolute atomic E-state index is 13.2. The summed E-state index contributed by atoms with van der Waals surface area (Å²) in [5, 5.41) is 18.0. The molecule has 1 aromatic heterocycles. The van der Waals surface area contributed by atoms with Crippen molar-refractivity contribution in [3.05, 3.63) is 65.4 Å². The van der Waals surface area contributed by atoms with Crippen molar-refractivity contribution in [3.8, 4) is 11.1 Å². The summed E-state index contributed by atoms with van der Waals surface area (Å²) in [5.41, 5.74) is 1.53. The molecule has 11 heteroatoms. The van der Waals surface area contributed by atoms with Gasteiger partial charge < -0.3 is 15.3 Å². The van der Waals surface area contributed by atoms with Crippen LogP contribution in [0, 0.1) is 5.41 Å². The van der Waals surface area contributed by atoms with Crippen molar-refractivity contribution in [1.29, 1.82) is 0 Å². The van der Waals surface area contributed by atoms with Crippen molar-refractivity contribution < 1.29 is 18.3 Å². The van der Waals surface area contributed by atoms with Gasteiger partial charge in [-0.05, 0) is 29.2 Å². The molecule has 0 aliphatic heterocycles. The van der Waals surface area contributed by atoms with E-state index in [0.717, 1.165) is 0 Å². The molecule has 37 heavy (non-hydrogen) atoms. The van der Waals surface area contributed by atoms with Crippen LogP contribution in [-0.2, 0) is 27.8 Å². The van der Waals surface area contributed by atoms with E-state index < -0.39 is 16.1 Å². The van der Waals surface area contributed by atoms with Gasteiger partial charge in [-0.3, -0.25) is 9.48 Å². The lowest BCUT2D eigenvalue weighted by Crippen LogP contribution is -2.30. The Bertz CT molecular complexity index is 1390. The Kier molecular flexibility index (Phi) is 8.78. The van der Waals surface area contributed by atoms with Gasteiger partial charge >= 0.3 is 0 Å². The number of carbonyl (C=O) groups is 1. The molecule has 3 aromatic rings. The van der Waals surface area contributed by atoms with E-state index in [1.54, 1.807) is 61.4 Å². The summed E-state index contributed by atoms with van der Waals surface area (Å²) < 4.78 is 31.7. The molecule has 1 unspecified atom stereocenters. The zero-order chi connectivity index (χ0) is 27.4. The molecule has 0 aliphatic rings. The maximum Gasteiger partial charge on any atom is 0.284 e. The zero-order valence-electron chi connectivity index (χ0n) is 21.5. The first-order chi connectivity index (χ1) is 17.3. The van der Waals surface area contributed by atoms with Gasteiger partial charge in [-0.25, -0.2) is 0 Å². The summed E-state index contributed by atoms with van der Waals surface area (Å²) in [6.45, 7) is 6.03. The molecule has 3 rings (SSSR count). The SMILES string of the molecule is CN(C)/C=N/S(=O)(=O)c1cc(NC(=O)Cc2ccccc2Cl)ccc1-c1cnn(CC(O)C(C)(C)C)c1. The number of aliphatic hydroxyl groups excluding tert-OH is 1. The third-order valence-electron chi connectivity index (χ3n) is 5.57. The maximum atomic E-state index is 13.2. The third kappa shape index (κ3) is 7.64. The van der Waals surface area contributed by atoms with E-state index in [0.29, 0.717) is 27.4 Å². The number of nitrogens with one attached hydrogen (secondary N) is 1. The van der Waals surface area contributed by atoms with Crippen molar-refractivity contribution >= 4 is 39.6 Å². The van der Waals surface area contributed by atoms with E-state index in [9.17, 15) is 18.3 Å². The molecule has 0 aliphatic carbocycles. The minimum atomic E-state index is -4.13. The van der Waals surface area contributed by atoms with Crippen molar-refractivity contribution in [2.75, 3.05) is 19.4 Å². The Balaban J connectivity index is 1.96.